The lowest BCUT2D eigenvalue weighted by Crippen LogP contribution is -2.39. The van der Waals surface area contributed by atoms with Gasteiger partial charge in [0.2, 0.25) is 0 Å². The number of aromatic nitrogens is 2. The Morgan fingerprint density at radius 1 is 1.41 bits per heavy atom. The van der Waals surface area contributed by atoms with Crippen LogP contribution in [0.5, 0.6) is 0 Å². The third-order valence-electron chi connectivity index (χ3n) is 4.40. The zero-order valence-electron chi connectivity index (χ0n) is 14.8. The Morgan fingerprint density at radius 2 is 2.22 bits per heavy atom. The first-order valence-electron chi connectivity index (χ1n) is 8.76. The Labute approximate surface area is 154 Å². The number of hydrogen-bond donors (Lipinski definition) is 0. The van der Waals surface area contributed by atoms with Crippen molar-refractivity contribution in [3.63, 3.8) is 0 Å². The third-order valence-corrected chi connectivity index (χ3v) is 4.40. The van der Waals surface area contributed by atoms with Crippen LogP contribution in [0.3, 0.4) is 0 Å². The smallest absolute Gasteiger partial charge is 0.416 e. The fourth-order valence-corrected chi connectivity index (χ4v) is 3.12. The van der Waals surface area contributed by atoms with Crippen molar-refractivity contribution >= 4 is 5.97 Å². The summed E-state index contributed by atoms with van der Waals surface area (Å²) in [5.41, 5.74) is -0.556. The SMILES string of the molecule is CCOC(=O)C1CCCN(Cc2noc(-c3cccc(C(F)(F)F)c3)n2)C1. The molecular weight excluding hydrogens is 363 g/mol. The monoisotopic (exact) mass is 383 g/mol. The second kappa shape index (κ2) is 8.08. The van der Waals surface area contributed by atoms with Crippen molar-refractivity contribution in [2.45, 2.75) is 32.5 Å². The lowest BCUT2D eigenvalue weighted by Gasteiger charge is -2.30. The predicted octanol–water partition coefficient (Wildman–Crippen LogP) is 3.53. The first-order valence-corrected chi connectivity index (χ1v) is 8.76. The quantitative estimate of drug-likeness (QED) is 0.736. The molecule has 0 bridgehead atoms. The number of halogens is 3. The van der Waals surface area contributed by atoms with Gasteiger partial charge in [-0.15, -0.1) is 0 Å². The summed E-state index contributed by atoms with van der Waals surface area (Å²) in [5, 5.41) is 3.86. The molecule has 0 spiro atoms. The van der Waals surface area contributed by atoms with Crippen LogP contribution >= 0.6 is 0 Å². The van der Waals surface area contributed by atoms with Gasteiger partial charge in [0.1, 0.15) is 0 Å². The number of hydrogen-bond acceptors (Lipinski definition) is 6. The van der Waals surface area contributed by atoms with E-state index in [9.17, 15) is 18.0 Å². The van der Waals surface area contributed by atoms with Gasteiger partial charge in [-0.25, -0.2) is 0 Å². The molecule has 9 heteroatoms. The average molecular weight is 383 g/mol. The van der Waals surface area contributed by atoms with E-state index in [1.54, 1.807) is 6.92 Å². The van der Waals surface area contributed by atoms with Gasteiger partial charge in [-0.3, -0.25) is 9.69 Å². The van der Waals surface area contributed by atoms with E-state index < -0.39 is 11.7 Å². The van der Waals surface area contributed by atoms with E-state index >= 15 is 0 Å². The van der Waals surface area contributed by atoms with Crippen molar-refractivity contribution in [1.82, 2.24) is 15.0 Å². The van der Waals surface area contributed by atoms with Crippen molar-refractivity contribution < 1.29 is 27.2 Å². The maximum Gasteiger partial charge on any atom is 0.416 e. The van der Waals surface area contributed by atoms with Gasteiger partial charge in [0.15, 0.2) is 5.82 Å². The molecule has 27 heavy (non-hydrogen) atoms. The molecule has 0 saturated carbocycles. The fraction of sp³-hybridized carbons (Fsp3) is 0.500. The number of alkyl halides is 3. The first-order chi connectivity index (χ1) is 12.9. The lowest BCUT2D eigenvalue weighted by atomic mass is 9.98. The molecule has 0 amide bonds. The van der Waals surface area contributed by atoms with Crippen LogP contribution in [0, 0.1) is 5.92 Å². The summed E-state index contributed by atoms with van der Waals surface area (Å²) in [7, 11) is 0. The average Bonchev–Trinajstić information content (AvgIpc) is 3.10. The molecular formula is C18H20F3N3O3. The van der Waals surface area contributed by atoms with Crippen LogP contribution in [0.15, 0.2) is 28.8 Å². The van der Waals surface area contributed by atoms with Crippen LogP contribution in [0.1, 0.15) is 31.2 Å². The molecule has 146 valence electrons. The van der Waals surface area contributed by atoms with E-state index in [1.807, 2.05) is 4.90 Å². The largest absolute Gasteiger partial charge is 0.466 e. The zero-order chi connectivity index (χ0) is 19.4. The summed E-state index contributed by atoms with van der Waals surface area (Å²) in [6.07, 6.45) is -2.81. The number of rotatable bonds is 5. The molecule has 1 saturated heterocycles. The Kier molecular flexibility index (Phi) is 5.79. The summed E-state index contributed by atoms with van der Waals surface area (Å²) in [6, 6.07) is 4.76. The normalized spacial score (nSPS) is 18.4. The van der Waals surface area contributed by atoms with Gasteiger partial charge < -0.3 is 9.26 Å². The summed E-state index contributed by atoms with van der Waals surface area (Å²) < 4.78 is 48.7. The molecule has 1 aliphatic rings. The van der Waals surface area contributed by atoms with Crippen molar-refractivity contribution in [3.8, 4) is 11.5 Å². The molecule has 1 atom stereocenters. The van der Waals surface area contributed by atoms with E-state index in [4.69, 9.17) is 9.26 Å². The highest BCUT2D eigenvalue weighted by Gasteiger charge is 2.31. The van der Waals surface area contributed by atoms with Gasteiger partial charge in [0, 0.05) is 12.1 Å². The Bertz CT molecular complexity index is 791. The number of likely N-dealkylation sites (tertiary alicyclic amines) is 1. The number of ether oxygens (including phenoxy) is 1. The predicted molar refractivity (Wildman–Crippen MR) is 89.4 cm³/mol. The molecule has 2 aromatic rings. The van der Waals surface area contributed by atoms with E-state index in [0.29, 0.717) is 25.5 Å². The second-order valence-electron chi connectivity index (χ2n) is 6.42. The molecule has 0 radical (unpaired) electrons. The fourth-order valence-electron chi connectivity index (χ4n) is 3.12. The number of piperidine rings is 1. The van der Waals surface area contributed by atoms with Crippen LogP contribution in [0.2, 0.25) is 0 Å². The van der Waals surface area contributed by atoms with Crippen molar-refractivity contribution in [1.29, 1.82) is 0 Å². The number of carbonyl (C=O) groups is 1. The molecule has 1 unspecified atom stereocenters. The summed E-state index contributed by atoms with van der Waals surface area (Å²) in [4.78, 5) is 18.1. The van der Waals surface area contributed by atoms with Gasteiger partial charge in [0.05, 0.1) is 24.6 Å². The highest BCUT2D eigenvalue weighted by Crippen LogP contribution is 2.31. The number of nitrogens with zero attached hydrogens (tertiary/aromatic N) is 3. The van der Waals surface area contributed by atoms with Gasteiger partial charge in [0.25, 0.3) is 5.89 Å². The van der Waals surface area contributed by atoms with Crippen molar-refractivity contribution in [2.24, 2.45) is 5.92 Å². The first kappa shape index (κ1) is 19.3. The maximum absolute atomic E-state index is 12.8. The number of esters is 1. The van der Waals surface area contributed by atoms with E-state index in [0.717, 1.165) is 31.5 Å². The van der Waals surface area contributed by atoms with E-state index in [2.05, 4.69) is 10.1 Å². The number of benzene rings is 1. The van der Waals surface area contributed by atoms with Crippen LogP contribution < -0.4 is 0 Å². The lowest BCUT2D eigenvalue weighted by molar-refractivity contribution is -0.150. The topological polar surface area (TPSA) is 68.5 Å². The van der Waals surface area contributed by atoms with Crippen molar-refractivity contribution in [2.75, 3.05) is 19.7 Å². The minimum atomic E-state index is -4.44. The third kappa shape index (κ3) is 4.85. The highest BCUT2D eigenvalue weighted by molar-refractivity contribution is 5.72. The molecule has 1 aromatic heterocycles. The Morgan fingerprint density at radius 3 is 2.96 bits per heavy atom. The van der Waals surface area contributed by atoms with Crippen LogP contribution in [-0.4, -0.2) is 40.7 Å². The van der Waals surface area contributed by atoms with Gasteiger partial charge in [-0.05, 0) is 44.5 Å². The van der Waals surface area contributed by atoms with Gasteiger partial charge in [-0.1, -0.05) is 11.2 Å². The van der Waals surface area contributed by atoms with Gasteiger partial charge in [-0.2, -0.15) is 18.2 Å². The molecule has 3 rings (SSSR count). The van der Waals surface area contributed by atoms with Crippen LogP contribution in [0.4, 0.5) is 13.2 Å². The molecule has 0 aliphatic carbocycles. The summed E-state index contributed by atoms with van der Waals surface area (Å²) in [5.74, 6) is 0.00970. The maximum atomic E-state index is 12.8. The summed E-state index contributed by atoms with van der Waals surface area (Å²) in [6.45, 7) is 3.79. The van der Waals surface area contributed by atoms with Crippen molar-refractivity contribution in [3.05, 3.63) is 35.7 Å². The van der Waals surface area contributed by atoms with Gasteiger partial charge >= 0.3 is 12.1 Å². The summed E-state index contributed by atoms with van der Waals surface area (Å²) >= 11 is 0. The minimum absolute atomic E-state index is 0.0371. The molecule has 0 N–H and O–H groups in total. The molecule has 1 aromatic carbocycles. The zero-order valence-corrected chi connectivity index (χ0v) is 14.8. The van der Waals surface area contributed by atoms with Crippen LogP contribution in [-0.2, 0) is 22.3 Å². The van der Waals surface area contributed by atoms with Crippen LogP contribution in [0.25, 0.3) is 11.5 Å². The second-order valence-corrected chi connectivity index (χ2v) is 6.42. The minimum Gasteiger partial charge on any atom is -0.466 e. The molecule has 2 heterocycles. The Hall–Kier alpha value is -2.42. The molecule has 6 nitrogen and oxygen atoms in total. The van der Waals surface area contributed by atoms with E-state index in [-0.39, 0.29) is 23.3 Å². The number of carbonyl (C=O) groups excluding carboxylic acids is 1. The standard InChI is InChI=1S/C18H20F3N3O3/c1-2-26-17(25)13-6-4-8-24(10-13)11-15-22-16(27-23-15)12-5-3-7-14(9-12)18(19,20)21/h3,5,7,9,13H,2,4,6,8,10-11H2,1H3. The Balaban J connectivity index is 1.67. The highest BCUT2D eigenvalue weighted by atomic mass is 19.4. The molecule has 1 fully saturated rings. The molecule has 1 aliphatic heterocycles. The van der Waals surface area contributed by atoms with E-state index in [1.165, 1.54) is 12.1 Å².